The molecule has 3 heteroatoms. The Morgan fingerprint density at radius 3 is 3.07 bits per heavy atom. The van der Waals surface area contributed by atoms with Crippen LogP contribution in [0.2, 0.25) is 0 Å². The molecule has 1 unspecified atom stereocenters. The molecule has 0 spiro atoms. The first-order valence-electron chi connectivity index (χ1n) is 5.31. The third-order valence-electron chi connectivity index (χ3n) is 2.73. The van der Waals surface area contributed by atoms with Crippen LogP contribution >= 0.6 is 11.8 Å². The minimum atomic E-state index is 0.0160. The fourth-order valence-electron chi connectivity index (χ4n) is 1.96. The fraction of sp³-hybridized carbons (Fsp3) is 0.500. The van der Waals surface area contributed by atoms with Gasteiger partial charge in [0.05, 0.1) is 0 Å². The number of fused-ring (bicyclic) bond motifs is 1. The van der Waals surface area contributed by atoms with E-state index in [1.165, 1.54) is 34.6 Å². The maximum atomic E-state index is 5.36. The molecule has 0 bridgehead atoms. The topological polar surface area (TPSA) is 21.3 Å². The van der Waals surface area contributed by atoms with Gasteiger partial charge in [0.2, 0.25) is 0 Å². The van der Waals surface area contributed by atoms with Crippen LogP contribution in [0.3, 0.4) is 0 Å². The van der Waals surface area contributed by atoms with Crippen LogP contribution in [0.1, 0.15) is 23.8 Å². The van der Waals surface area contributed by atoms with Crippen molar-refractivity contribution in [2.45, 2.75) is 24.0 Å². The Labute approximate surface area is 95.4 Å². The molecule has 1 aliphatic heterocycles. The third-order valence-corrected chi connectivity index (χ3v) is 3.94. The van der Waals surface area contributed by atoms with Gasteiger partial charge in [0.15, 0.2) is 0 Å². The van der Waals surface area contributed by atoms with Crippen molar-refractivity contribution >= 4 is 11.8 Å². The predicted molar refractivity (Wildman–Crippen MR) is 64.3 cm³/mol. The minimum Gasteiger partial charge on any atom is -0.362 e. The van der Waals surface area contributed by atoms with E-state index >= 15 is 0 Å². The van der Waals surface area contributed by atoms with E-state index in [1.807, 2.05) is 18.8 Å². The van der Waals surface area contributed by atoms with Crippen molar-refractivity contribution in [3.63, 3.8) is 0 Å². The van der Waals surface area contributed by atoms with Gasteiger partial charge in [0, 0.05) is 12.0 Å². The summed E-state index contributed by atoms with van der Waals surface area (Å²) in [7, 11) is 3.65. The molecule has 2 rings (SSSR count). The van der Waals surface area contributed by atoms with Crippen LogP contribution in [-0.2, 0) is 11.2 Å². The fourth-order valence-corrected chi connectivity index (χ4v) is 2.98. The van der Waals surface area contributed by atoms with E-state index in [0.717, 1.165) is 0 Å². The molecular weight excluding hydrogens is 206 g/mol. The Bertz CT molecular complexity index is 336. The van der Waals surface area contributed by atoms with Crippen molar-refractivity contribution in [2.75, 3.05) is 19.9 Å². The van der Waals surface area contributed by atoms with Crippen molar-refractivity contribution in [3.05, 3.63) is 29.3 Å². The lowest BCUT2D eigenvalue weighted by atomic mass is 10.1. The summed E-state index contributed by atoms with van der Waals surface area (Å²) in [5.41, 5.74) is 2.70. The van der Waals surface area contributed by atoms with Crippen LogP contribution in [0.4, 0.5) is 0 Å². The van der Waals surface area contributed by atoms with Gasteiger partial charge >= 0.3 is 0 Å². The summed E-state index contributed by atoms with van der Waals surface area (Å²) < 4.78 is 5.36. The SMILES string of the molecule is CNC(OC)c1ccc2c(c1)CCCS2. The number of thioether (sulfide) groups is 1. The van der Waals surface area contributed by atoms with Crippen molar-refractivity contribution in [3.8, 4) is 0 Å². The molecule has 82 valence electrons. The second kappa shape index (κ2) is 5.01. The smallest absolute Gasteiger partial charge is 0.133 e. The zero-order chi connectivity index (χ0) is 10.7. The standard InChI is InChI=1S/C12H17NOS/c1-13-12(14-2)10-5-6-11-9(8-10)4-3-7-15-11/h5-6,8,12-13H,3-4,7H2,1-2H3. The highest BCUT2D eigenvalue weighted by Crippen LogP contribution is 2.31. The molecule has 0 amide bonds. The van der Waals surface area contributed by atoms with E-state index in [-0.39, 0.29) is 6.23 Å². The van der Waals surface area contributed by atoms with Crippen LogP contribution in [0.15, 0.2) is 23.1 Å². The molecule has 0 saturated carbocycles. The molecule has 1 N–H and O–H groups in total. The molecule has 1 aliphatic rings. The monoisotopic (exact) mass is 223 g/mol. The van der Waals surface area contributed by atoms with Gasteiger partial charge in [-0.1, -0.05) is 12.1 Å². The largest absolute Gasteiger partial charge is 0.362 e. The number of aryl methyl sites for hydroxylation is 1. The van der Waals surface area contributed by atoms with Crippen molar-refractivity contribution < 1.29 is 4.74 Å². The highest BCUT2D eigenvalue weighted by Gasteiger charge is 2.13. The number of hydrogen-bond acceptors (Lipinski definition) is 3. The molecule has 0 radical (unpaired) electrons. The van der Waals surface area contributed by atoms with E-state index in [1.54, 1.807) is 7.11 Å². The Balaban J connectivity index is 2.27. The number of ether oxygens (including phenoxy) is 1. The average Bonchev–Trinajstić information content (AvgIpc) is 2.30. The number of hydrogen-bond donors (Lipinski definition) is 1. The van der Waals surface area contributed by atoms with Crippen LogP contribution in [0.5, 0.6) is 0 Å². The number of benzene rings is 1. The maximum absolute atomic E-state index is 5.36. The van der Waals surface area contributed by atoms with Gasteiger partial charge in [-0.05, 0) is 42.8 Å². The summed E-state index contributed by atoms with van der Waals surface area (Å²) in [6.45, 7) is 0. The molecule has 0 aromatic heterocycles. The predicted octanol–water partition coefficient (Wildman–Crippen LogP) is 2.59. The highest BCUT2D eigenvalue weighted by molar-refractivity contribution is 7.99. The quantitative estimate of drug-likeness (QED) is 0.796. The van der Waals surface area contributed by atoms with Gasteiger partial charge in [-0.25, -0.2) is 0 Å². The summed E-state index contributed by atoms with van der Waals surface area (Å²) >= 11 is 1.96. The van der Waals surface area contributed by atoms with Gasteiger partial charge in [0.25, 0.3) is 0 Å². The van der Waals surface area contributed by atoms with Crippen LogP contribution < -0.4 is 5.32 Å². The van der Waals surface area contributed by atoms with Gasteiger partial charge in [0.1, 0.15) is 6.23 Å². The second-order valence-electron chi connectivity index (χ2n) is 3.72. The van der Waals surface area contributed by atoms with Gasteiger partial charge in [-0.2, -0.15) is 0 Å². The van der Waals surface area contributed by atoms with Crippen molar-refractivity contribution in [1.29, 1.82) is 0 Å². The first kappa shape index (κ1) is 11.0. The Morgan fingerprint density at radius 1 is 1.47 bits per heavy atom. The van der Waals surface area contributed by atoms with Crippen LogP contribution in [-0.4, -0.2) is 19.9 Å². The molecule has 1 aromatic carbocycles. The van der Waals surface area contributed by atoms with Crippen LogP contribution in [0.25, 0.3) is 0 Å². The lowest BCUT2D eigenvalue weighted by Gasteiger charge is -2.19. The molecular formula is C12H17NOS. The minimum absolute atomic E-state index is 0.0160. The molecule has 2 nitrogen and oxygen atoms in total. The van der Waals surface area contributed by atoms with E-state index < -0.39 is 0 Å². The summed E-state index contributed by atoms with van der Waals surface area (Å²) in [5, 5.41) is 3.15. The average molecular weight is 223 g/mol. The molecule has 0 saturated heterocycles. The van der Waals surface area contributed by atoms with Gasteiger partial charge in [-0.15, -0.1) is 11.8 Å². The second-order valence-corrected chi connectivity index (χ2v) is 4.86. The summed E-state index contributed by atoms with van der Waals surface area (Å²) in [6.07, 6.45) is 2.51. The molecule has 0 fully saturated rings. The molecule has 1 aromatic rings. The number of rotatable bonds is 3. The number of nitrogens with one attached hydrogen (secondary N) is 1. The van der Waals surface area contributed by atoms with Crippen molar-refractivity contribution in [1.82, 2.24) is 5.32 Å². The van der Waals surface area contributed by atoms with E-state index in [4.69, 9.17) is 4.74 Å². The summed E-state index contributed by atoms with van der Waals surface area (Å²) in [5.74, 6) is 1.26. The van der Waals surface area contributed by atoms with Crippen LogP contribution in [0, 0.1) is 0 Å². The maximum Gasteiger partial charge on any atom is 0.133 e. The van der Waals surface area contributed by atoms with E-state index in [0.29, 0.717) is 0 Å². The van der Waals surface area contributed by atoms with Gasteiger partial charge in [-0.3, -0.25) is 5.32 Å². The Morgan fingerprint density at radius 2 is 2.33 bits per heavy atom. The summed E-state index contributed by atoms with van der Waals surface area (Å²) in [6, 6.07) is 6.64. The molecule has 15 heavy (non-hydrogen) atoms. The summed E-state index contributed by atoms with van der Waals surface area (Å²) in [4.78, 5) is 1.44. The normalized spacial score (nSPS) is 17.2. The Kier molecular flexibility index (Phi) is 3.67. The molecule has 0 aliphatic carbocycles. The lowest BCUT2D eigenvalue weighted by molar-refractivity contribution is 0.0808. The first-order valence-corrected chi connectivity index (χ1v) is 6.29. The molecule has 1 atom stereocenters. The first-order chi connectivity index (χ1) is 7.35. The number of methoxy groups -OCH3 is 1. The van der Waals surface area contributed by atoms with E-state index in [9.17, 15) is 0 Å². The van der Waals surface area contributed by atoms with E-state index in [2.05, 4.69) is 23.5 Å². The zero-order valence-electron chi connectivity index (χ0n) is 9.25. The lowest BCUT2D eigenvalue weighted by Crippen LogP contribution is -2.18. The van der Waals surface area contributed by atoms with Crippen molar-refractivity contribution in [2.24, 2.45) is 0 Å². The third kappa shape index (κ3) is 2.36. The molecule has 1 heterocycles. The highest BCUT2D eigenvalue weighted by atomic mass is 32.2. The Hall–Kier alpha value is -0.510. The van der Waals surface area contributed by atoms with Gasteiger partial charge < -0.3 is 4.74 Å². The zero-order valence-corrected chi connectivity index (χ0v) is 10.1.